The molecule has 1 aliphatic rings. The Balaban J connectivity index is 2.26. The van der Waals surface area contributed by atoms with E-state index >= 15 is 0 Å². The Morgan fingerprint density at radius 1 is 1.43 bits per heavy atom. The predicted molar refractivity (Wildman–Crippen MR) is 56.7 cm³/mol. The standard InChI is InChI=1S/C12H15NO/c1-13-8-12(14)11-5-3-2-4-10(11)9-6-7-9/h2-5,9,13H,6-8H2,1H3. The van der Waals surface area contributed by atoms with E-state index in [0.29, 0.717) is 12.5 Å². The number of carbonyl (C=O) groups excluding carboxylic acids is 1. The summed E-state index contributed by atoms with van der Waals surface area (Å²) < 4.78 is 0. The summed E-state index contributed by atoms with van der Waals surface area (Å²) in [6, 6.07) is 7.98. The normalized spacial score (nSPS) is 15.5. The lowest BCUT2D eigenvalue weighted by Crippen LogP contribution is -2.19. The fourth-order valence-corrected chi connectivity index (χ4v) is 1.76. The van der Waals surface area contributed by atoms with E-state index in [2.05, 4.69) is 11.4 Å². The van der Waals surface area contributed by atoms with Crippen molar-refractivity contribution in [2.24, 2.45) is 0 Å². The molecule has 0 aromatic heterocycles. The van der Waals surface area contributed by atoms with E-state index in [4.69, 9.17) is 0 Å². The molecular weight excluding hydrogens is 174 g/mol. The van der Waals surface area contributed by atoms with Crippen LogP contribution in [0.3, 0.4) is 0 Å². The number of carbonyl (C=O) groups is 1. The lowest BCUT2D eigenvalue weighted by atomic mass is 10.00. The molecule has 0 amide bonds. The van der Waals surface area contributed by atoms with Gasteiger partial charge in [-0.15, -0.1) is 0 Å². The maximum absolute atomic E-state index is 11.7. The fourth-order valence-electron chi connectivity index (χ4n) is 1.76. The highest BCUT2D eigenvalue weighted by molar-refractivity contribution is 5.99. The molecule has 1 aromatic rings. The van der Waals surface area contributed by atoms with Gasteiger partial charge in [0.05, 0.1) is 6.54 Å². The summed E-state index contributed by atoms with van der Waals surface area (Å²) in [6.45, 7) is 0.434. The highest BCUT2D eigenvalue weighted by Crippen LogP contribution is 2.41. The molecule has 14 heavy (non-hydrogen) atoms. The minimum absolute atomic E-state index is 0.204. The van der Waals surface area contributed by atoms with E-state index in [9.17, 15) is 4.79 Å². The molecule has 1 aromatic carbocycles. The summed E-state index contributed by atoms with van der Waals surface area (Å²) in [5.74, 6) is 0.849. The lowest BCUT2D eigenvalue weighted by molar-refractivity contribution is 0.0992. The smallest absolute Gasteiger partial charge is 0.176 e. The molecule has 1 saturated carbocycles. The third-order valence-corrected chi connectivity index (χ3v) is 2.62. The van der Waals surface area contributed by atoms with Crippen LogP contribution in [0.4, 0.5) is 0 Å². The molecule has 0 atom stereocenters. The van der Waals surface area contributed by atoms with E-state index in [1.54, 1.807) is 7.05 Å². The van der Waals surface area contributed by atoms with Crippen LogP contribution in [0.2, 0.25) is 0 Å². The topological polar surface area (TPSA) is 29.1 Å². The SMILES string of the molecule is CNCC(=O)c1ccccc1C1CC1. The Morgan fingerprint density at radius 3 is 2.79 bits per heavy atom. The second kappa shape index (κ2) is 3.93. The molecular formula is C12H15NO. The van der Waals surface area contributed by atoms with Crippen molar-refractivity contribution in [3.8, 4) is 0 Å². The van der Waals surface area contributed by atoms with Crippen molar-refractivity contribution >= 4 is 5.78 Å². The predicted octanol–water partition coefficient (Wildman–Crippen LogP) is 1.97. The first kappa shape index (κ1) is 9.41. The van der Waals surface area contributed by atoms with E-state index < -0.39 is 0 Å². The number of nitrogens with one attached hydrogen (secondary N) is 1. The van der Waals surface area contributed by atoms with Gasteiger partial charge < -0.3 is 5.32 Å². The molecule has 2 rings (SSSR count). The molecule has 0 bridgehead atoms. The summed E-state index contributed by atoms with van der Waals surface area (Å²) in [7, 11) is 1.80. The summed E-state index contributed by atoms with van der Waals surface area (Å²) in [4.78, 5) is 11.7. The van der Waals surface area contributed by atoms with Crippen molar-refractivity contribution in [2.75, 3.05) is 13.6 Å². The van der Waals surface area contributed by atoms with Gasteiger partial charge in [0.25, 0.3) is 0 Å². The summed E-state index contributed by atoms with van der Waals surface area (Å²) >= 11 is 0. The second-order valence-electron chi connectivity index (χ2n) is 3.82. The van der Waals surface area contributed by atoms with Gasteiger partial charge in [-0.1, -0.05) is 24.3 Å². The summed E-state index contributed by atoms with van der Waals surface area (Å²) in [5.41, 5.74) is 2.15. The van der Waals surface area contributed by atoms with E-state index in [-0.39, 0.29) is 5.78 Å². The number of Topliss-reactive ketones (excluding diaryl/α,β-unsaturated/α-hetero) is 1. The summed E-state index contributed by atoms with van der Waals surface area (Å²) in [6.07, 6.45) is 2.48. The molecule has 0 radical (unpaired) electrons. The molecule has 2 nitrogen and oxygen atoms in total. The minimum atomic E-state index is 0.204. The molecule has 0 aliphatic heterocycles. The quantitative estimate of drug-likeness (QED) is 0.734. The Hall–Kier alpha value is -1.15. The van der Waals surface area contributed by atoms with Gasteiger partial charge in [-0.05, 0) is 31.4 Å². The van der Waals surface area contributed by atoms with E-state index in [1.165, 1.54) is 18.4 Å². The van der Waals surface area contributed by atoms with Crippen LogP contribution in [0.25, 0.3) is 0 Å². The van der Waals surface area contributed by atoms with Crippen LogP contribution in [-0.2, 0) is 0 Å². The van der Waals surface area contributed by atoms with Crippen LogP contribution in [0.5, 0.6) is 0 Å². The van der Waals surface area contributed by atoms with Gasteiger partial charge in [0, 0.05) is 5.56 Å². The molecule has 0 spiro atoms. The van der Waals surface area contributed by atoms with Crippen LogP contribution in [-0.4, -0.2) is 19.4 Å². The van der Waals surface area contributed by atoms with E-state index in [1.807, 2.05) is 18.2 Å². The Bertz CT molecular complexity index is 342. The number of rotatable bonds is 4. The number of benzene rings is 1. The van der Waals surface area contributed by atoms with Crippen molar-refractivity contribution in [1.29, 1.82) is 0 Å². The third-order valence-electron chi connectivity index (χ3n) is 2.62. The van der Waals surface area contributed by atoms with Gasteiger partial charge in [-0.2, -0.15) is 0 Å². The second-order valence-corrected chi connectivity index (χ2v) is 3.82. The number of hydrogen-bond acceptors (Lipinski definition) is 2. The maximum atomic E-state index is 11.7. The third kappa shape index (κ3) is 1.85. The zero-order valence-electron chi connectivity index (χ0n) is 8.42. The highest BCUT2D eigenvalue weighted by atomic mass is 16.1. The zero-order chi connectivity index (χ0) is 9.97. The fraction of sp³-hybridized carbons (Fsp3) is 0.417. The molecule has 1 fully saturated rings. The molecule has 0 heterocycles. The van der Waals surface area contributed by atoms with Crippen molar-refractivity contribution < 1.29 is 4.79 Å². The average molecular weight is 189 g/mol. The molecule has 2 heteroatoms. The van der Waals surface area contributed by atoms with Crippen LogP contribution in [0.15, 0.2) is 24.3 Å². The Labute approximate surface area is 84.3 Å². The van der Waals surface area contributed by atoms with Crippen molar-refractivity contribution in [3.05, 3.63) is 35.4 Å². The van der Waals surface area contributed by atoms with Gasteiger partial charge in [-0.3, -0.25) is 4.79 Å². The first-order valence-corrected chi connectivity index (χ1v) is 5.09. The van der Waals surface area contributed by atoms with Crippen LogP contribution >= 0.6 is 0 Å². The Kier molecular flexibility index (Phi) is 2.64. The van der Waals surface area contributed by atoms with Crippen molar-refractivity contribution in [1.82, 2.24) is 5.32 Å². The van der Waals surface area contributed by atoms with Gasteiger partial charge in [-0.25, -0.2) is 0 Å². The van der Waals surface area contributed by atoms with Crippen LogP contribution in [0.1, 0.15) is 34.7 Å². The minimum Gasteiger partial charge on any atom is -0.313 e. The van der Waals surface area contributed by atoms with Crippen LogP contribution < -0.4 is 5.32 Å². The first-order chi connectivity index (χ1) is 6.83. The number of hydrogen-bond donors (Lipinski definition) is 1. The molecule has 0 unspecified atom stereocenters. The molecule has 0 saturated heterocycles. The zero-order valence-corrected chi connectivity index (χ0v) is 8.42. The van der Waals surface area contributed by atoms with E-state index in [0.717, 1.165) is 5.56 Å². The van der Waals surface area contributed by atoms with Gasteiger partial charge in [0.2, 0.25) is 0 Å². The summed E-state index contributed by atoms with van der Waals surface area (Å²) in [5, 5.41) is 2.90. The van der Waals surface area contributed by atoms with Crippen LogP contribution in [0, 0.1) is 0 Å². The van der Waals surface area contributed by atoms with Gasteiger partial charge in [0.15, 0.2) is 5.78 Å². The van der Waals surface area contributed by atoms with Gasteiger partial charge >= 0.3 is 0 Å². The lowest BCUT2D eigenvalue weighted by Gasteiger charge is -2.06. The first-order valence-electron chi connectivity index (χ1n) is 5.09. The largest absolute Gasteiger partial charge is 0.313 e. The molecule has 1 N–H and O–H groups in total. The number of ketones is 1. The van der Waals surface area contributed by atoms with Crippen molar-refractivity contribution in [2.45, 2.75) is 18.8 Å². The van der Waals surface area contributed by atoms with Crippen molar-refractivity contribution in [3.63, 3.8) is 0 Å². The number of likely N-dealkylation sites (N-methyl/N-ethyl adjacent to an activating group) is 1. The monoisotopic (exact) mass is 189 g/mol. The Morgan fingerprint density at radius 2 is 2.14 bits per heavy atom. The molecule has 1 aliphatic carbocycles. The van der Waals surface area contributed by atoms with Gasteiger partial charge in [0.1, 0.15) is 0 Å². The highest BCUT2D eigenvalue weighted by Gasteiger charge is 2.27. The average Bonchev–Trinajstić information content (AvgIpc) is 3.01. The maximum Gasteiger partial charge on any atom is 0.176 e. The molecule has 74 valence electrons.